The van der Waals surface area contributed by atoms with Gasteiger partial charge in [0.1, 0.15) is 5.75 Å². The van der Waals surface area contributed by atoms with E-state index in [1.165, 1.54) is 22.0 Å². The zero-order valence-corrected chi connectivity index (χ0v) is 17.4. The van der Waals surface area contributed by atoms with Gasteiger partial charge >= 0.3 is 0 Å². The highest BCUT2D eigenvalue weighted by atomic mass is 32.2. The number of nitrogens with zero attached hydrogens (tertiary/aromatic N) is 3. The molecule has 8 heteroatoms. The minimum absolute atomic E-state index is 0.0513. The van der Waals surface area contributed by atoms with Gasteiger partial charge in [0.15, 0.2) is 5.82 Å². The molecule has 1 atom stereocenters. The minimum atomic E-state index is -0.0513. The van der Waals surface area contributed by atoms with Crippen LogP contribution in [0.25, 0.3) is 11.4 Å². The first kappa shape index (κ1) is 20.7. The first-order chi connectivity index (χ1) is 14.1. The van der Waals surface area contributed by atoms with Crippen molar-refractivity contribution >= 4 is 17.7 Å². The van der Waals surface area contributed by atoms with Gasteiger partial charge in [-0.25, -0.2) is 4.68 Å². The Labute approximate surface area is 174 Å². The lowest BCUT2D eigenvalue weighted by Crippen LogP contribution is -2.34. The normalized spacial score (nSPS) is 11.8. The zero-order chi connectivity index (χ0) is 20.6. The maximum atomic E-state index is 12.3. The zero-order valence-electron chi connectivity index (χ0n) is 16.5. The number of amides is 1. The van der Waals surface area contributed by atoms with Gasteiger partial charge in [-0.05, 0) is 49.6 Å². The third-order valence-corrected chi connectivity index (χ3v) is 5.40. The molecule has 0 saturated carbocycles. The highest BCUT2D eigenvalue weighted by Crippen LogP contribution is 2.23. The summed E-state index contributed by atoms with van der Waals surface area (Å²) in [7, 11) is 1.61. The third-order valence-electron chi connectivity index (χ3n) is 4.46. The highest BCUT2D eigenvalue weighted by Gasteiger charge is 2.15. The van der Waals surface area contributed by atoms with Crippen LogP contribution in [0.3, 0.4) is 0 Å². The molecule has 7 nitrogen and oxygen atoms in total. The van der Waals surface area contributed by atoms with Gasteiger partial charge in [-0.3, -0.25) is 4.79 Å². The Morgan fingerprint density at radius 2 is 1.90 bits per heavy atom. The Kier molecular flexibility index (Phi) is 7.13. The average Bonchev–Trinajstić information content (AvgIpc) is 3.12. The molecule has 1 aromatic heterocycles. The quantitative estimate of drug-likeness (QED) is 0.415. The number of hydrogen-bond donors (Lipinski definition) is 2. The number of nitrogens with two attached hydrogens (primary N) is 1. The summed E-state index contributed by atoms with van der Waals surface area (Å²) < 4.78 is 6.56. The van der Waals surface area contributed by atoms with Crippen molar-refractivity contribution in [2.24, 2.45) is 0 Å². The molecule has 152 valence electrons. The van der Waals surface area contributed by atoms with E-state index in [0.29, 0.717) is 11.0 Å². The van der Waals surface area contributed by atoms with Crippen molar-refractivity contribution in [3.8, 4) is 17.1 Å². The lowest BCUT2D eigenvalue weighted by atomic mass is 10.1. The molecule has 0 radical (unpaired) electrons. The van der Waals surface area contributed by atoms with Crippen LogP contribution in [0.15, 0.2) is 59.8 Å². The van der Waals surface area contributed by atoms with Crippen LogP contribution in [0.2, 0.25) is 0 Å². The van der Waals surface area contributed by atoms with Gasteiger partial charge in [0.05, 0.1) is 12.9 Å². The van der Waals surface area contributed by atoms with E-state index in [1.807, 2.05) is 49.4 Å². The highest BCUT2D eigenvalue weighted by molar-refractivity contribution is 7.99. The second kappa shape index (κ2) is 9.97. The summed E-state index contributed by atoms with van der Waals surface area (Å²) in [4.78, 5) is 12.3. The Bertz CT molecular complexity index is 928. The molecule has 3 N–H and O–H groups in total. The molecule has 0 spiro atoms. The molecule has 0 aliphatic rings. The molecule has 1 heterocycles. The number of ether oxygens (including phenoxy) is 1. The standard InChI is InChI=1S/C21H25N5O2S/c1-15(8-9-16-6-4-3-5-7-16)23-19(27)14-29-21-25-24-20(26(21)22)17-10-12-18(28-2)13-11-17/h3-7,10-13,15H,8-9,14,22H2,1-2H3,(H,23,27). The van der Waals surface area contributed by atoms with Crippen molar-refractivity contribution in [2.75, 3.05) is 18.7 Å². The Morgan fingerprint density at radius 1 is 1.17 bits per heavy atom. The number of thioether (sulfide) groups is 1. The fourth-order valence-electron chi connectivity index (χ4n) is 2.86. The van der Waals surface area contributed by atoms with E-state index in [9.17, 15) is 4.79 Å². The lowest BCUT2D eigenvalue weighted by Gasteiger charge is -2.13. The van der Waals surface area contributed by atoms with Gasteiger partial charge in [-0.1, -0.05) is 42.1 Å². The maximum Gasteiger partial charge on any atom is 0.230 e. The summed E-state index contributed by atoms with van der Waals surface area (Å²) in [5.74, 6) is 7.58. The number of rotatable bonds is 9. The number of nitrogen functional groups attached to an aromatic ring is 1. The fourth-order valence-corrected chi connectivity index (χ4v) is 3.53. The molecule has 0 aliphatic carbocycles. The summed E-state index contributed by atoms with van der Waals surface area (Å²) in [5.41, 5.74) is 2.09. The Hall–Kier alpha value is -3.00. The molecule has 0 fully saturated rings. The Balaban J connectivity index is 1.49. The number of carbonyl (C=O) groups is 1. The van der Waals surface area contributed by atoms with Crippen LogP contribution >= 0.6 is 11.8 Å². The summed E-state index contributed by atoms with van der Waals surface area (Å²) >= 11 is 1.26. The van der Waals surface area contributed by atoms with Crippen molar-refractivity contribution < 1.29 is 9.53 Å². The predicted molar refractivity (Wildman–Crippen MR) is 115 cm³/mol. The SMILES string of the molecule is COc1ccc(-c2nnc(SCC(=O)NC(C)CCc3ccccc3)n2N)cc1. The van der Waals surface area contributed by atoms with Crippen LogP contribution in [0.4, 0.5) is 0 Å². The molecule has 2 aromatic carbocycles. The molecule has 0 bridgehead atoms. The molecule has 0 saturated heterocycles. The van der Waals surface area contributed by atoms with Crippen molar-refractivity contribution in [3.63, 3.8) is 0 Å². The number of carbonyl (C=O) groups excluding carboxylic acids is 1. The first-order valence-electron chi connectivity index (χ1n) is 9.38. The molecule has 3 rings (SSSR count). The number of hydrogen-bond acceptors (Lipinski definition) is 6. The molecule has 1 amide bonds. The van der Waals surface area contributed by atoms with Crippen LogP contribution in [-0.4, -0.2) is 39.7 Å². The number of methoxy groups -OCH3 is 1. The summed E-state index contributed by atoms with van der Waals surface area (Å²) in [6, 6.07) is 17.7. The number of nitrogens with one attached hydrogen (secondary N) is 1. The van der Waals surface area contributed by atoms with Gasteiger partial charge in [-0.15, -0.1) is 10.2 Å². The lowest BCUT2D eigenvalue weighted by molar-refractivity contribution is -0.119. The fraction of sp³-hybridized carbons (Fsp3) is 0.286. The first-order valence-corrected chi connectivity index (χ1v) is 10.4. The molecule has 0 aliphatic heterocycles. The van der Waals surface area contributed by atoms with Gasteiger partial charge in [0, 0.05) is 11.6 Å². The monoisotopic (exact) mass is 411 g/mol. The van der Waals surface area contributed by atoms with Gasteiger partial charge < -0.3 is 15.9 Å². The van der Waals surface area contributed by atoms with Crippen molar-refractivity contribution in [1.29, 1.82) is 0 Å². The Morgan fingerprint density at radius 3 is 2.59 bits per heavy atom. The molecule has 3 aromatic rings. The maximum absolute atomic E-state index is 12.3. The smallest absolute Gasteiger partial charge is 0.230 e. The van der Waals surface area contributed by atoms with E-state index in [0.717, 1.165) is 24.2 Å². The van der Waals surface area contributed by atoms with Crippen LogP contribution in [0.1, 0.15) is 18.9 Å². The van der Waals surface area contributed by atoms with E-state index >= 15 is 0 Å². The van der Waals surface area contributed by atoms with Crippen molar-refractivity contribution in [2.45, 2.75) is 31.0 Å². The topological polar surface area (TPSA) is 95.1 Å². The van der Waals surface area contributed by atoms with Crippen molar-refractivity contribution in [3.05, 3.63) is 60.2 Å². The summed E-state index contributed by atoms with van der Waals surface area (Å²) in [6.45, 7) is 2.01. The van der Waals surface area contributed by atoms with E-state index < -0.39 is 0 Å². The van der Waals surface area contributed by atoms with E-state index in [4.69, 9.17) is 10.6 Å². The van der Waals surface area contributed by atoms with Crippen LogP contribution < -0.4 is 15.9 Å². The van der Waals surface area contributed by atoms with Gasteiger partial charge in [-0.2, -0.15) is 0 Å². The van der Waals surface area contributed by atoms with Gasteiger partial charge in [0.2, 0.25) is 11.1 Å². The average molecular weight is 412 g/mol. The number of aryl methyl sites for hydroxylation is 1. The molecule has 1 unspecified atom stereocenters. The van der Waals surface area contributed by atoms with Crippen LogP contribution in [0, 0.1) is 0 Å². The molecular formula is C21H25N5O2S. The summed E-state index contributed by atoms with van der Waals surface area (Å²) in [6.07, 6.45) is 1.81. The predicted octanol–water partition coefficient (Wildman–Crippen LogP) is 2.90. The summed E-state index contributed by atoms with van der Waals surface area (Å²) in [5, 5.41) is 11.7. The third kappa shape index (κ3) is 5.74. The second-order valence-electron chi connectivity index (χ2n) is 6.69. The van der Waals surface area contributed by atoms with Crippen LogP contribution in [0.5, 0.6) is 5.75 Å². The molecule has 29 heavy (non-hydrogen) atoms. The van der Waals surface area contributed by atoms with E-state index in [1.54, 1.807) is 7.11 Å². The van der Waals surface area contributed by atoms with E-state index in [2.05, 4.69) is 27.6 Å². The van der Waals surface area contributed by atoms with Crippen LogP contribution in [-0.2, 0) is 11.2 Å². The van der Waals surface area contributed by atoms with Gasteiger partial charge in [0.25, 0.3) is 0 Å². The minimum Gasteiger partial charge on any atom is -0.497 e. The second-order valence-corrected chi connectivity index (χ2v) is 7.63. The van der Waals surface area contributed by atoms with E-state index in [-0.39, 0.29) is 17.7 Å². The number of benzene rings is 2. The largest absolute Gasteiger partial charge is 0.497 e. The number of aromatic nitrogens is 3. The molecular weight excluding hydrogens is 386 g/mol. The van der Waals surface area contributed by atoms with Crippen molar-refractivity contribution in [1.82, 2.24) is 20.2 Å².